The lowest BCUT2D eigenvalue weighted by atomic mass is 9.86. The van der Waals surface area contributed by atoms with Crippen LogP contribution in [0.2, 0.25) is 0 Å². The van der Waals surface area contributed by atoms with E-state index >= 15 is 0 Å². The fourth-order valence-corrected chi connectivity index (χ4v) is 3.28. The Bertz CT molecular complexity index is 618. The Morgan fingerprint density at radius 3 is 2.59 bits per heavy atom. The van der Waals surface area contributed by atoms with Gasteiger partial charge in [0.1, 0.15) is 0 Å². The summed E-state index contributed by atoms with van der Waals surface area (Å²) in [5, 5.41) is 5.06. The van der Waals surface area contributed by atoms with Gasteiger partial charge in [0.05, 0.1) is 11.1 Å². The van der Waals surface area contributed by atoms with Crippen LogP contribution in [0.1, 0.15) is 65.7 Å². The lowest BCUT2D eigenvalue weighted by Crippen LogP contribution is -2.19. The van der Waals surface area contributed by atoms with Crippen LogP contribution in [0.4, 0.5) is 5.69 Å². The molecule has 1 aromatic rings. The normalized spacial score (nSPS) is 18.0. The van der Waals surface area contributed by atoms with Crippen molar-refractivity contribution in [1.29, 1.82) is 0 Å². The van der Waals surface area contributed by atoms with Crippen molar-refractivity contribution in [3.8, 4) is 0 Å². The van der Waals surface area contributed by atoms with Gasteiger partial charge in [-0.05, 0) is 30.5 Å². The molecule has 5 nitrogen and oxygen atoms in total. The van der Waals surface area contributed by atoms with E-state index in [0.29, 0.717) is 29.2 Å². The Morgan fingerprint density at radius 1 is 1.09 bits per heavy atom. The van der Waals surface area contributed by atoms with Crippen molar-refractivity contribution in [1.82, 2.24) is 5.32 Å². The standard InChI is InChI=1S/C17H20N2O3/c20-15(9-6-11-4-2-1-3-5-11)18-12-7-8-13-14(10-12)17(22)19-16(13)21/h7-8,10-11H,1-6,9H2,(H,18,20)(H,19,21,22). The molecule has 5 heteroatoms. The number of amides is 3. The van der Waals surface area contributed by atoms with E-state index in [-0.39, 0.29) is 11.8 Å². The van der Waals surface area contributed by atoms with Crippen LogP contribution in [-0.2, 0) is 4.79 Å². The summed E-state index contributed by atoms with van der Waals surface area (Å²) in [5.41, 5.74) is 1.26. The fourth-order valence-electron chi connectivity index (χ4n) is 3.28. The van der Waals surface area contributed by atoms with Gasteiger partial charge in [-0.3, -0.25) is 19.7 Å². The minimum atomic E-state index is -0.404. The Labute approximate surface area is 129 Å². The summed E-state index contributed by atoms with van der Waals surface area (Å²) in [5.74, 6) is -0.147. The van der Waals surface area contributed by atoms with Gasteiger partial charge in [-0.1, -0.05) is 32.1 Å². The first-order chi connectivity index (χ1) is 10.6. The number of anilines is 1. The average Bonchev–Trinajstić information content (AvgIpc) is 2.81. The number of hydrogen-bond acceptors (Lipinski definition) is 3. The molecule has 1 fully saturated rings. The molecule has 2 N–H and O–H groups in total. The summed E-state index contributed by atoms with van der Waals surface area (Å²) < 4.78 is 0. The Hall–Kier alpha value is -2.17. The Balaban J connectivity index is 1.56. The second kappa shape index (κ2) is 6.30. The third kappa shape index (κ3) is 3.18. The van der Waals surface area contributed by atoms with Gasteiger partial charge in [-0.25, -0.2) is 0 Å². The molecule has 2 aliphatic rings. The number of rotatable bonds is 4. The summed E-state index contributed by atoms with van der Waals surface area (Å²) in [6.07, 6.45) is 7.77. The molecule has 0 unspecified atom stereocenters. The first-order valence-electron chi connectivity index (χ1n) is 7.93. The van der Waals surface area contributed by atoms with Crippen molar-refractivity contribution in [3.63, 3.8) is 0 Å². The third-order valence-electron chi connectivity index (χ3n) is 4.52. The van der Waals surface area contributed by atoms with Crippen molar-refractivity contribution < 1.29 is 14.4 Å². The number of fused-ring (bicyclic) bond motifs is 1. The Morgan fingerprint density at radius 2 is 1.82 bits per heavy atom. The van der Waals surface area contributed by atoms with E-state index in [0.717, 1.165) is 6.42 Å². The van der Waals surface area contributed by atoms with Gasteiger partial charge < -0.3 is 5.32 Å². The lowest BCUT2D eigenvalue weighted by molar-refractivity contribution is -0.116. The second-order valence-electron chi connectivity index (χ2n) is 6.13. The lowest BCUT2D eigenvalue weighted by Gasteiger charge is -2.21. The molecule has 0 spiro atoms. The molecule has 1 heterocycles. The second-order valence-corrected chi connectivity index (χ2v) is 6.13. The highest BCUT2D eigenvalue weighted by Crippen LogP contribution is 2.27. The smallest absolute Gasteiger partial charge is 0.259 e. The van der Waals surface area contributed by atoms with E-state index in [1.165, 1.54) is 32.1 Å². The predicted molar refractivity (Wildman–Crippen MR) is 82.7 cm³/mol. The number of benzene rings is 1. The SMILES string of the molecule is O=C(CCC1CCCCC1)Nc1ccc2c(c1)C(=O)NC2=O. The zero-order valence-electron chi connectivity index (χ0n) is 12.5. The molecule has 1 aromatic carbocycles. The minimum Gasteiger partial charge on any atom is -0.326 e. The number of imide groups is 1. The largest absolute Gasteiger partial charge is 0.326 e. The summed E-state index contributed by atoms with van der Waals surface area (Å²) in [6.45, 7) is 0. The predicted octanol–water partition coefficient (Wildman–Crippen LogP) is 2.87. The molecule has 0 aromatic heterocycles. The van der Waals surface area contributed by atoms with Gasteiger partial charge in [0, 0.05) is 12.1 Å². The monoisotopic (exact) mass is 300 g/mol. The highest BCUT2D eigenvalue weighted by atomic mass is 16.2. The van der Waals surface area contributed by atoms with Crippen LogP contribution in [0.15, 0.2) is 18.2 Å². The van der Waals surface area contributed by atoms with Gasteiger partial charge in [0.25, 0.3) is 11.8 Å². The Kier molecular flexibility index (Phi) is 4.22. The molecule has 22 heavy (non-hydrogen) atoms. The van der Waals surface area contributed by atoms with Crippen molar-refractivity contribution in [3.05, 3.63) is 29.3 Å². The molecule has 1 aliphatic heterocycles. The molecular formula is C17H20N2O3. The highest BCUT2D eigenvalue weighted by Gasteiger charge is 2.26. The highest BCUT2D eigenvalue weighted by molar-refractivity contribution is 6.22. The molecule has 0 bridgehead atoms. The van der Waals surface area contributed by atoms with Crippen molar-refractivity contribution >= 4 is 23.4 Å². The van der Waals surface area contributed by atoms with Crippen LogP contribution < -0.4 is 10.6 Å². The summed E-state index contributed by atoms with van der Waals surface area (Å²) in [7, 11) is 0. The number of hydrogen-bond donors (Lipinski definition) is 2. The number of nitrogens with one attached hydrogen (secondary N) is 2. The number of carbonyl (C=O) groups is 3. The first kappa shape index (κ1) is 14.8. The fraction of sp³-hybridized carbons (Fsp3) is 0.471. The van der Waals surface area contributed by atoms with Gasteiger partial charge in [-0.15, -0.1) is 0 Å². The van der Waals surface area contributed by atoms with E-state index in [9.17, 15) is 14.4 Å². The first-order valence-corrected chi connectivity index (χ1v) is 7.93. The van der Waals surface area contributed by atoms with Crippen LogP contribution in [0.25, 0.3) is 0 Å². The maximum atomic E-state index is 12.0. The zero-order chi connectivity index (χ0) is 15.5. The van der Waals surface area contributed by atoms with Gasteiger partial charge in [0.15, 0.2) is 0 Å². The van der Waals surface area contributed by atoms with Crippen LogP contribution in [-0.4, -0.2) is 17.7 Å². The molecule has 3 amide bonds. The molecule has 0 saturated heterocycles. The van der Waals surface area contributed by atoms with E-state index < -0.39 is 5.91 Å². The van der Waals surface area contributed by atoms with Crippen LogP contribution in [0.3, 0.4) is 0 Å². The van der Waals surface area contributed by atoms with Crippen LogP contribution in [0.5, 0.6) is 0 Å². The van der Waals surface area contributed by atoms with Crippen LogP contribution in [0, 0.1) is 5.92 Å². The topological polar surface area (TPSA) is 75.3 Å². The van der Waals surface area contributed by atoms with E-state index in [1.54, 1.807) is 18.2 Å². The van der Waals surface area contributed by atoms with E-state index in [2.05, 4.69) is 10.6 Å². The van der Waals surface area contributed by atoms with E-state index in [1.807, 2.05) is 0 Å². The van der Waals surface area contributed by atoms with Crippen molar-refractivity contribution in [2.45, 2.75) is 44.9 Å². The van der Waals surface area contributed by atoms with E-state index in [4.69, 9.17) is 0 Å². The van der Waals surface area contributed by atoms with Gasteiger partial charge in [-0.2, -0.15) is 0 Å². The molecule has 1 aliphatic carbocycles. The molecule has 0 radical (unpaired) electrons. The average molecular weight is 300 g/mol. The maximum absolute atomic E-state index is 12.0. The maximum Gasteiger partial charge on any atom is 0.259 e. The summed E-state index contributed by atoms with van der Waals surface area (Å²) in [4.78, 5) is 35.1. The molecule has 116 valence electrons. The molecule has 1 saturated carbocycles. The summed E-state index contributed by atoms with van der Waals surface area (Å²) in [6, 6.07) is 4.80. The van der Waals surface area contributed by atoms with Crippen LogP contribution >= 0.6 is 0 Å². The molecular weight excluding hydrogens is 280 g/mol. The number of carbonyl (C=O) groups excluding carboxylic acids is 3. The van der Waals surface area contributed by atoms with Gasteiger partial charge in [0.2, 0.25) is 5.91 Å². The van der Waals surface area contributed by atoms with Crippen molar-refractivity contribution in [2.24, 2.45) is 5.92 Å². The third-order valence-corrected chi connectivity index (χ3v) is 4.52. The zero-order valence-corrected chi connectivity index (χ0v) is 12.5. The van der Waals surface area contributed by atoms with Crippen molar-refractivity contribution in [2.75, 3.05) is 5.32 Å². The molecule has 3 rings (SSSR count). The van der Waals surface area contributed by atoms with Gasteiger partial charge >= 0.3 is 0 Å². The molecule has 0 atom stereocenters. The minimum absolute atomic E-state index is 0.0322. The quantitative estimate of drug-likeness (QED) is 0.840. The summed E-state index contributed by atoms with van der Waals surface area (Å²) >= 11 is 0.